The molecule has 1 heterocycles. The molecule has 0 radical (unpaired) electrons. The Morgan fingerprint density at radius 3 is 2.37 bits per heavy atom. The molecule has 1 aromatic carbocycles. The number of hydrogen-bond donors (Lipinski definition) is 2. The number of rotatable bonds is 2. The van der Waals surface area contributed by atoms with Crippen molar-refractivity contribution in [3.05, 3.63) is 29.6 Å². The minimum absolute atomic E-state index is 0.153. The van der Waals surface area contributed by atoms with Crippen molar-refractivity contribution in [1.29, 1.82) is 0 Å². The van der Waals surface area contributed by atoms with Crippen LogP contribution >= 0.6 is 0 Å². The van der Waals surface area contributed by atoms with Gasteiger partial charge in [-0.3, -0.25) is 0 Å². The lowest BCUT2D eigenvalue weighted by atomic mass is 9.61. The number of hydrogen-bond acceptors (Lipinski definition) is 2. The van der Waals surface area contributed by atoms with E-state index in [0.717, 1.165) is 32.0 Å². The fraction of sp³-hybridized carbons (Fsp3) is 0.538. The van der Waals surface area contributed by atoms with Crippen LogP contribution in [0.3, 0.4) is 0 Å². The summed E-state index contributed by atoms with van der Waals surface area (Å²) < 4.78 is 50.8. The Labute approximate surface area is 108 Å². The van der Waals surface area contributed by atoms with Crippen molar-refractivity contribution in [3.63, 3.8) is 0 Å². The molecular weight excluding hydrogens is 260 g/mol. The van der Waals surface area contributed by atoms with E-state index >= 15 is 0 Å². The number of alkyl halides is 3. The Balaban J connectivity index is 1.65. The molecule has 1 aliphatic carbocycles. The summed E-state index contributed by atoms with van der Waals surface area (Å²) in [6, 6.07) is 2.78. The number of anilines is 1. The first kappa shape index (κ1) is 12.7. The van der Waals surface area contributed by atoms with E-state index in [1.165, 1.54) is 6.07 Å². The van der Waals surface area contributed by atoms with Crippen LogP contribution in [0.1, 0.15) is 18.4 Å². The standard InChI is InChI=1S/C13H14F4N2/c14-10-3-8(13(15,16)17)1-2-11(10)19-9-4-12(5-9)6-18-7-12/h1-3,9,18-19H,4-7H2. The molecule has 104 valence electrons. The van der Waals surface area contributed by atoms with Gasteiger partial charge in [0.15, 0.2) is 0 Å². The molecule has 1 aliphatic heterocycles. The number of benzene rings is 1. The molecule has 1 saturated carbocycles. The molecule has 3 rings (SSSR count). The summed E-state index contributed by atoms with van der Waals surface area (Å²) in [6.07, 6.45) is -2.61. The molecule has 2 N–H and O–H groups in total. The van der Waals surface area contributed by atoms with Crippen LogP contribution in [0.15, 0.2) is 18.2 Å². The van der Waals surface area contributed by atoms with Gasteiger partial charge in [0.25, 0.3) is 0 Å². The van der Waals surface area contributed by atoms with E-state index in [0.29, 0.717) is 11.5 Å². The minimum atomic E-state index is -4.50. The number of nitrogens with one attached hydrogen (secondary N) is 2. The Hall–Kier alpha value is -1.30. The zero-order chi connectivity index (χ0) is 13.7. The summed E-state index contributed by atoms with van der Waals surface area (Å²) in [5.74, 6) is -0.845. The van der Waals surface area contributed by atoms with E-state index in [4.69, 9.17) is 0 Å². The lowest BCUT2D eigenvalue weighted by Crippen LogP contribution is -2.63. The van der Waals surface area contributed by atoms with Gasteiger partial charge >= 0.3 is 6.18 Å². The topological polar surface area (TPSA) is 24.1 Å². The largest absolute Gasteiger partial charge is 0.416 e. The van der Waals surface area contributed by atoms with Crippen molar-refractivity contribution in [2.45, 2.75) is 25.1 Å². The molecule has 1 spiro atoms. The van der Waals surface area contributed by atoms with Crippen LogP contribution in [0.5, 0.6) is 0 Å². The van der Waals surface area contributed by atoms with Gasteiger partial charge in [-0.1, -0.05) is 0 Å². The van der Waals surface area contributed by atoms with Crippen molar-refractivity contribution in [2.24, 2.45) is 5.41 Å². The molecule has 0 amide bonds. The molecule has 0 unspecified atom stereocenters. The second-order valence-corrected chi connectivity index (χ2v) is 5.55. The molecule has 0 aromatic heterocycles. The highest BCUT2D eigenvalue weighted by atomic mass is 19.4. The molecule has 19 heavy (non-hydrogen) atoms. The van der Waals surface area contributed by atoms with Gasteiger partial charge in [0, 0.05) is 19.1 Å². The van der Waals surface area contributed by atoms with Crippen LogP contribution in [-0.4, -0.2) is 19.1 Å². The molecule has 0 bridgehead atoms. The molecule has 2 fully saturated rings. The summed E-state index contributed by atoms with van der Waals surface area (Å²) in [5.41, 5.74) is -0.455. The van der Waals surface area contributed by atoms with Crippen LogP contribution in [0.2, 0.25) is 0 Å². The minimum Gasteiger partial charge on any atom is -0.380 e. The van der Waals surface area contributed by atoms with Crippen LogP contribution in [0.4, 0.5) is 23.2 Å². The van der Waals surface area contributed by atoms with Crippen molar-refractivity contribution in [2.75, 3.05) is 18.4 Å². The lowest BCUT2D eigenvalue weighted by molar-refractivity contribution is -0.137. The predicted octanol–water partition coefficient (Wildman–Crippen LogP) is 3.01. The highest BCUT2D eigenvalue weighted by Crippen LogP contribution is 2.45. The first-order valence-electron chi connectivity index (χ1n) is 6.22. The van der Waals surface area contributed by atoms with Gasteiger partial charge in [-0.15, -0.1) is 0 Å². The monoisotopic (exact) mass is 274 g/mol. The van der Waals surface area contributed by atoms with Gasteiger partial charge in [-0.05, 0) is 36.5 Å². The van der Waals surface area contributed by atoms with Gasteiger partial charge in [0.2, 0.25) is 0 Å². The molecule has 0 atom stereocenters. The van der Waals surface area contributed by atoms with E-state index < -0.39 is 17.6 Å². The van der Waals surface area contributed by atoms with E-state index in [-0.39, 0.29) is 11.7 Å². The quantitative estimate of drug-likeness (QED) is 0.810. The van der Waals surface area contributed by atoms with Gasteiger partial charge in [0.1, 0.15) is 5.82 Å². The normalized spacial score (nSPS) is 21.9. The third-order valence-electron chi connectivity index (χ3n) is 4.01. The molecule has 2 aliphatic rings. The second-order valence-electron chi connectivity index (χ2n) is 5.55. The Kier molecular flexibility index (Phi) is 2.74. The smallest absolute Gasteiger partial charge is 0.380 e. The molecule has 1 aromatic rings. The Morgan fingerprint density at radius 2 is 1.89 bits per heavy atom. The average Bonchev–Trinajstić information content (AvgIpc) is 2.20. The maximum atomic E-state index is 13.6. The van der Waals surface area contributed by atoms with Crippen LogP contribution in [0, 0.1) is 11.2 Å². The highest BCUT2D eigenvalue weighted by Gasteiger charge is 2.48. The zero-order valence-electron chi connectivity index (χ0n) is 10.1. The van der Waals surface area contributed by atoms with Crippen LogP contribution in [-0.2, 0) is 6.18 Å². The summed E-state index contributed by atoms with van der Waals surface area (Å²) in [4.78, 5) is 0. The van der Waals surface area contributed by atoms with Gasteiger partial charge in [-0.25, -0.2) is 4.39 Å². The maximum Gasteiger partial charge on any atom is 0.416 e. The molecule has 2 nitrogen and oxygen atoms in total. The van der Waals surface area contributed by atoms with E-state index in [1.54, 1.807) is 0 Å². The van der Waals surface area contributed by atoms with E-state index in [9.17, 15) is 17.6 Å². The maximum absolute atomic E-state index is 13.6. The average molecular weight is 274 g/mol. The van der Waals surface area contributed by atoms with Crippen molar-refractivity contribution in [1.82, 2.24) is 5.32 Å². The first-order valence-corrected chi connectivity index (χ1v) is 6.22. The predicted molar refractivity (Wildman–Crippen MR) is 63.3 cm³/mol. The number of halogens is 4. The summed E-state index contributed by atoms with van der Waals surface area (Å²) in [5, 5.41) is 6.18. The van der Waals surface area contributed by atoms with Gasteiger partial charge < -0.3 is 10.6 Å². The van der Waals surface area contributed by atoms with E-state index in [2.05, 4.69) is 10.6 Å². The third-order valence-corrected chi connectivity index (χ3v) is 4.01. The van der Waals surface area contributed by atoms with Crippen molar-refractivity contribution < 1.29 is 17.6 Å². The fourth-order valence-electron chi connectivity index (χ4n) is 2.88. The lowest BCUT2D eigenvalue weighted by Gasteiger charge is -2.54. The SMILES string of the molecule is Fc1cc(C(F)(F)F)ccc1NC1CC2(CNC2)C1. The van der Waals surface area contributed by atoms with Crippen LogP contribution < -0.4 is 10.6 Å². The van der Waals surface area contributed by atoms with E-state index in [1.807, 2.05) is 0 Å². The van der Waals surface area contributed by atoms with Gasteiger partial charge in [0.05, 0.1) is 11.3 Å². The second kappa shape index (κ2) is 4.10. The Bertz CT molecular complexity index is 486. The first-order chi connectivity index (χ1) is 8.88. The Morgan fingerprint density at radius 1 is 1.21 bits per heavy atom. The summed E-state index contributed by atoms with van der Waals surface area (Å²) >= 11 is 0. The summed E-state index contributed by atoms with van der Waals surface area (Å²) in [7, 11) is 0. The van der Waals surface area contributed by atoms with Gasteiger partial charge in [-0.2, -0.15) is 13.2 Å². The fourth-order valence-corrected chi connectivity index (χ4v) is 2.88. The molecular formula is C13H14F4N2. The third kappa shape index (κ3) is 2.29. The molecule has 1 saturated heterocycles. The molecule has 6 heteroatoms. The zero-order valence-corrected chi connectivity index (χ0v) is 10.1. The van der Waals surface area contributed by atoms with Crippen molar-refractivity contribution >= 4 is 5.69 Å². The highest BCUT2D eigenvalue weighted by molar-refractivity contribution is 5.48. The summed E-state index contributed by atoms with van der Waals surface area (Å²) in [6.45, 7) is 1.97. The van der Waals surface area contributed by atoms with Crippen LogP contribution in [0.25, 0.3) is 0 Å². The van der Waals surface area contributed by atoms with Crippen molar-refractivity contribution in [3.8, 4) is 0 Å².